The van der Waals surface area contributed by atoms with Crippen LogP contribution in [-0.4, -0.2) is 47.2 Å². The first-order chi connectivity index (χ1) is 11.9. The molecule has 0 aromatic heterocycles. The van der Waals surface area contributed by atoms with E-state index in [0.29, 0.717) is 24.9 Å². The van der Waals surface area contributed by atoms with Crippen molar-refractivity contribution < 1.29 is 24.2 Å². The van der Waals surface area contributed by atoms with Crippen molar-refractivity contribution in [2.24, 2.45) is 5.92 Å². The molecular formula is C18H24N2O5. The van der Waals surface area contributed by atoms with Crippen molar-refractivity contribution in [3.05, 3.63) is 35.9 Å². The van der Waals surface area contributed by atoms with Crippen LogP contribution >= 0.6 is 0 Å². The number of amides is 2. The van der Waals surface area contributed by atoms with E-state index < -0.39 is 30.1 Å². The molecule has 1 fully saturated rings. The van der Waals surface area contributed by atoms with E-state index in [0.717, 1.165) is 0 Å². The number of nitrogens with one attached hydrogen (secondary N) is 1. The maximum Gasteiger partial charge on any atom is 0.408 e. The minimum atomic E-state index is -1.03. The lowest BCUT2D eigenvalue weighted by atomic mass is 10.1. The quantitative estimate of drug-likeness (QED) is 0.821. The first-order valence-electron chi connectivity index (χ1n) is 8.41. The van der Waals surface area contributed by atoms with E-state index in [1.807, 2.05) is 13.8 Å². The van der Waals surface area contributed by atoms with Crippen LogP contribution in [0, 0.1) is 5.92 Å². The minimum absolute atomic E-state index is 0.173. The number of benzene rings is 1. The largest absolute Gasteiger partial charge is 0.480 e. The number of hydrogen-bond donors (Lipinski definition) is 2. The van der Waals surface area contributed by atoms with Crippen LogP contribution in [-0.2, 0) is 14.3 Å². The molecule has 2 atom stereocenters. The van der Waals surface area contributed by atoms with Crippen molar-refractivity contribution in [3.8, 4) is 0 Å². The molecule has 2 rings (SSSR count). The van der Waals surface area contributed by atoms with Gasteiger partial charge in [0.05, 0.1) is 6.61 Å². The first-order valence-corrected chi connectivity index (χ1v) is 8.41. The van der Waals surface area contributed by atoms with Gasteiger partial charge in [0, 0.05) is 6.54 Å². The average Bonchev–Trinajstić information content (AvgIpc) is 3.08. The smallest absolute Gasteiger partial charge is 0.408 e. The summed E-state index contributed by atoms with van der Waals surface area (Å²) in [6, 6.07) is 6.94. The van der Waals surface area contributed by atoms with Crippen molar-refractivity contribution in [2.75, 3.05) is 13.2 Å². The third kappa shape index (κ3) is 4.95. The van der Waals surface area contributed by atoms with Crippen LogP contribution in [0.5, 0.6) is 0 Å². The zero-order valence-corrected chi connectivity index (χ0v) is 14.5. The molecule has 1 aliphatic rings. The second-order valence-corrected chi connectivity index (χ2v) is 6.51. The molecule has 136 valence electrons. The van der Waals surface area contributed by atoms with E-state index in [-0.39, 0.29) is 12.5 Å². The van der Waals surface area contributed by atoms with E-state index in [2.05, 4.69) is 5.32 Å². The first kappa shape index (κ1) is 18.8. The number of alkyl carbamates (subject to hydrolysis) is 1. The van der Waals surface area contributed by atoms with Crippen LogP contribution in [0.4, 0.5) is 4.79 Å². The van der Waals surface area contributed by atoms with Gasteiger partial charge >= 0.3 is 12.1 Å². The number of hydrogen-bond acceptors (Lipinski definition) is 4. The van der Waals surface area contributed by atoms with Crippen LogP contribution in [0.1, 0.15) is 38.3 Å². The Morgan fingerprint density at radius 2 is 1.96 bits per heavy atom. The number of rotatable bonds is 6. The van der Waals surface area contributed by atoms with Crippen molar-refractivity contribution in [1.82, 2.24) is 10.2 Å². The van der Waals surface area contributed by atoms with Crippen molar-refractivity contribution in [3.63, 3.8) is 0 Å². The summed E-state index contributed by atoms with van der Waals surface area (Å²) in [6.07, 6.45) is 0.351. The van der Waals surface area contributed by atoms with Gasteiger partial charge in [-0.25, -0.2) is 9.59 Å². The average molecular weight is 348 g/mol. The zero-order chi connectivity index (χ0) is 18.4. The lowest BCUT2D eigenvalue weighted by Crippen LogP contribution is -2.47. The summed E-state index contributed by atoms with van der Waals surface area (Å²) in [5, 5.41) is 11.9. The molecule has 2 N–H and O–H groups in total. The van der Waals surface area contributed by atoms with E-state index in [1.165, 1.54) is 4.90 Å². The molecule has 7 heteroatoms. The molecule has 1 saturated heterocycles. The summed E-state index contributed by atoms with van der Waals surface area (Å²) in [5.74, 6) is -1.29. The summed E-state index contributed by atoms with van der Waals surface area (Å²) in [7, 11) is 0. The summed E-state index contributed by atoms with van der Waals surface area (Å²) < 4.78 is 5.11. The summed E-state index contributed by atoms with van der Waals surface area (Å²) in [4.78, 5) is 37.7. The third-order valence-electron chi connectivity index (χ3n) is 4.01. The minimum Gasteiger partial charge on any atom is -0.480 e. The Bertz CT molecular complexity index is 617. The standard InChI is InChI=1S/C18H24N2O5/c1-12(2)11-25-18(24)19-15(13-7-4-3-5-8-13)16(21)20-10-6-9-14(20)17(22)23/h3-5,7-8,12,14-15H,6,9-11H2,1-2H3,(H,19,24)(H,22,23)/t14-,15+/m0/s1. The lowest BCUT2D eigenvalue weighted by molar-refractivity contribution is -0.149. The Morgan fingerprint density at radius 1 is 1.28 bits per heavy atom. The Labute approximate surface area is 147 Å². The topological polar surface area (TPSA) is 95.9 Å². The Kier molecular flexibility index (Phi) is 6.38. The van der Waals surface area contributed by atoms with E-state index in [4.69, 9.17) is 4.74 Å². The Hall–Kier alpha value is -2.57. The molecule has 1 aromatic carbocycles. The van der Waals surface area contributed by atoms with Crippen LogP contribution in [0.2, 0.25) is 0 Å². The molecule has 2 amide bonds. The molecule has 0 aliphatic carbocycles. The molecule has 1 aromatic rings. The highest BCUT2D eigenvalue weighted by atomic mass is 16.5. The number of carbonyl (C=O) groups is 3. The predicted octanol–water partition coefficient (Wildman–Crippen LogP) is 2.19. The monoisotopic (exact) mass is 348 g/mol. The van der Waals surface area contributed by atoms with E-state index in [1.54, 1.807) is 30.3 Å². The van der Waals surface area contributed by atoms with Gasteiger partial charge in [0.15, 0.2) is 0 Å². The fourth-order valence-corrected chi connectivity index (χ4v) is 2.79. The third-order valence-corrected chi connectivity index (χ3v) is 4.01. The van der Waals surface area contributed by atoms with Gasteiger partial charge in [-0.15, -0.1) is 0 Å². The predicted molar refractivity (Wildman–Crippen MR) is 90.9 cm³/mol. The second-order valence-electron chi connectivity index (χ2n) is 6.51. The highest BCUT2D eigenvalue weighted by Crippen LogP contribution is 2.24. The van der Waals surface area contributed by atoms with E-state index >= 15 is 0 Å². The van der Waals surface area contributed by atoms with E-state index in [9.17, 15) is 19.5 Å². The normalized spacial score (nSPS) is 18.0. The number of nitrogens with zero attached hydrogens (tertiary/aromatic N) is 1. The maximum atomic E-state index is 12.9. The van der Waals surface area contributed by atoms with Gasteiger partial charge in [-0.05, 0) is 24.3 Å². The molecule has 0 spiro atoms. The van der Waals surface area contributed by atoms with Crippen LogP contribution in [0.3, 0.4) is 0 Å². The van der Waals surface area contributed by atoms with Gasteiger partial charge in [0.1, 0.15) is 12.1 Å². The van der Waals surface area contributed by atoms with Gasteiger partial charge in [-0.3, -0.25) is 4.79 Å². The number of aliphatic carboxylic acids is 1. The molecule has 0 bridgehead atoms. The molecule has 1 aliphatic heterocycles. The zero-order valence-electron chi connectivity index (χ0n) is 14.5. The highest BCUT2D eigenvalue weighted by Gasteiger charge is 2.38. The van der Waals surface area contributed by atoms with Crippen LogP contribution in [0.15, 0.2) is 30.3 Å². The fourth-order valence-electron chi connectivity index (χ4n) is 2.79. The SMILES string of the molecule is CC(C)COC(=O)N[C@@H](C(=O)N1CCC[C@H]1C(=O)O)c1ccccc1. The number of carbonyl (C=O) groups excluding carboxylic acids is 2. The summed E-state index contributed by atoms with van der Waals surface area (Å²) in [5.41, 5.74) is 0.588. The molecule has 0 unspecified atom stereocenters. The number of carboxylic acids is 1. The molecule has 25 heavy (non-hydrogen) atoms. The van der Waals surface area contributed by atoms with Gasteiger partial charge in [0.25, 0.3) is 5.91 Å². The summed E-state index contributed by atoms with van der Waals surface area (Å²) >= 11 is 0. The van der Waals surface area contributed by atoms with Gasteiger partial charge in [0.2, 0.25) is 0 Å². The fraction of sp³-hybridized carbons (Fsp3) is 0.500. The van der Waals surface area contributed by atoms with Crippen molar-refractivity contribution in [2.45, 2.75) is 38.8 Å². The Morgan fingerprint density at radius 3 is 2.56 bits per heavy atom. The molecule has 0 saturated carbocycles. The van der Waals surface area contributed by atoms with Gasteiger partial charge in [-0.1, -0.05) is 44.2 Å². The maximum absolute atomic E-state index is 12.9. The number of ether oxygens (including phenoxy) is 1. The number of likely N-dealkylation sites (tertiary alicyclic amines) is 1. The summed E-state index contributed by atoms with van der Waals surface area (Å²) in [6.45, 7) is 4.43. The molecule has 0 radical (unpaired) electrons. The highest BCUT2D eigenvalue weighted by molar-refractivity contribution is 5.90. The van der Waals surface area contributed by atoms with Gasteiger partial charge in [-0.2, -0.15) is 0 Å². The molecular weight excluding hydrogens is 324 g/mol. The Balaban J connectivity index is 2.18. The molecule has 1 heterocycles. The van der Waals surface area contributed by atoms with Crippen LogP contribution < -0.4 is 5.32 Å². The van der Waals surface area contributed by atoms with Crippen LogP contribution in [0.25, 0.3) is 0 Å². The lowest BCUT2D eigenvalue weighted by Gasteiger charge is -2.27. The molecule has 7 nitrogen and oxygen atoms in total. The van der Waals surface area contributed by atoms with Gasteiger partial charge < -0.3 is 20.1 Å². The second kappa shape index (κ2) is 8.50. The van der Waals surface area contributed by atoms with Crippen molar-refractivity contribution in [1.29, 1.82) is 0 Å². The number of carboxylic acid groups (broad SMARTS) is 1. The van der Waals surface area contributed by atoms with Crippen molar-refractivity contribution >= 4 is 18.0 Å².